The van der Waals surface area contributed by atoms with Gasteiger partial charge in [-0.1, -0.05) is 40.5 Å². The SMILES string of the molecule is CCCC[C@H](CN(O)C=O)C(=O)N[C@H](C(=O)OCCOC)C(C)(C)C. The molecule has 8 nitrogen and oxygen atoms in total. The molecule has 0 aromatic carbocycles. The molecule has 0 aromatic rings. The minimum atomic E-state index is -0.843. The summed E-state index contributed by atoms with van der Waals surface area (Å²) in [6.45, 7) is 7.70. The van der Waals surface area contributed by atoms with Crippen LogP contribution in [0.3, 0.4) is 0 Å². The molecule has 0 saturated heterocycles. The van der Waals surface area contributed by atoms with Crippen molar-refractivity contribution in [3.63, 3.8) is 0 Å². The Bertz CT molecular complexity index is 422. The molecule has 0 heterocycles. The van der Waals surface area contributed by atoms with Gasteiger partial charge >= 0.3 is 5.97 Å². The van der Waals surface area contributed by atoms with Crippen molar-refractivity contribution in [2.24, 2.45) is 11.3 Å². The zero-order valence-electron chi connectivity index (χ0n) is 15.9. The Morgan fingerprint density at radius 1 is 1.28 bits per heavy atom. The molecule has 0 rings (SSSR count). The molecule has 8 heteroatoms. The smallest absolute Gasteiger partial charge is 0.329 e. The lowest BCUT2D eigenvalue weighted by molar-refractivity contribution is -0.157. The summed E-state index contributed by atoms with van der Waals surface area (Å²) in [7, 11) is 1.50. The first-order valence-electron chi connectivity index (χ1n) is 8.54. The summed E-state index contributed by atoms with van der Waals surface area (Å²) in [6, 6.07) is -0.843. The number of esters is 1. The van der Waals surface area contributed by atoms with Gasteiger partial charge in [-0.15, -0.1) is 0 Å². The molecule has 0 radical (unpaired) electrons. The van der Waals surface area contributed by atoms with Gasteiger partial charge in [0.1, 0.15) is 12.6 Å². The average Bonchev–Trinajstić information content (AvgIpc) is 2.54. The maximum absolute atomic E-state index is 12.6. The number of carbonyl (C=O) groups is 3. The molecule has 146 valence electrons. The Kier molecular flexibility index (Phi) is 11.0. The van der Waals surface area contributed by atoms with Crippen LogP contribution in [0.5, 0.6) is 0 Å². The lowest BCUT2D eigenvalue weighted by Crippen LogP contribution is -2.52. The van der Waals surface area contributed by atoms with Crippen LogP contribution in [0.1, 0.15) is 47.0 Å². The maximum Gasteiger partial charge on any atom is 0.329 e. The van der Waals surface area contributed by atoms with Crippen LogP contribution in [0.25, 0.3) is 0 Å². The van der Waals surface area contributed by atoms with E-state index in [1.165, 1.54) is 7.11 Å². The van der Waals surface area contributed by atoms with Crippen LogP contribution in [0.4, 0.5) is 0 Å². The van der Waals surface area contributed by atoms with Gasteiger partial charge in [0.25, 0.3) is 0 Å². The quantitative estimate of drug-likeness (QED) is 0.179. The summed E-state index contributed by atoms with van der Waals surface area (Å²) in [5.41, 5.74) is -0.557. The van der Waals surface area contributed by atoms with Crippen LogP contribution >= 0.6 is 0 Å². The molecule has 2 amide bonds. The number of nitrogens with one attached hydrogen (secondary N) is 1. The van der Waals surface area contributed by atoms with Crippen molar-refractivity contribution in [3.05, 3.63) is 0 Å². The van der Waals surface area contributed by atoms with E-state index in [-0.39, 0.29) is 26.2 Å². The van der Waals surface area contributed by atoms with E-state index in [4.69, 9.17) is 9.47 Å². The highest BCUT2D eigenvalue weighted by atomic mass is 16.6. The van der Waals surface area contributed by atoms with Crippen LogP contribution in [0.15, 0.2) is 0 Å². The first-order chi connectivity index (χ1) is 11.7. The highest BCUT2D eigenvalue weighted by molar-refractivity contribution is 5.86. The predicted molar refractivity (Wildman–Crippen MR) is 91.8 cm³/mol. The number of methoxy groups -OCH3 is 1. The minimum Gasteiger partial charge on any atom is -0.462 e. The Morgan fingerprint density at radius 2 is 1.92 bits per heavy atom. The molecule has 0 aliphatic carbocycles. The van der Waals surface area contributed by atoms with Crippen LogP contribution in [0.2, 0.25) is 0 Å². The van der Waals surface area contributed by atoms with Gasteiger partial charge in [-0.05, 0) is 11.8 Å². The summed E-state index contributed by atoms with van der Waals surface area (Å²) in [5.74, 6) is -1.53. The van der Waals surface area contributed by atoms with Gasteiger partial charge < -0.3 is 14.8 Å². The lowest BCUT2D eigenvalue weighted by Gasteiger charge is -2.31. The van der Waals surface area contributed by atoms with Gasteiger partial charge in [0.2, 0.25) is 12.3 Å². The number of nitrogens with zero attached hydrogens (tertiary/aromatic N) is 1. The van der Waals surface area contributed by atoms with E-state index >= 15 is 0 Å². The highest BCUT2D eigenvalue weighted by Crippen LogP contribution is 2.21. The zero-order valence-corrected chi connectivity index (χ0v) is 15.9. The minimum absolute atomic E-state index is 0.104. The average molecular weight is 360 g/mol. The van der Waals surface area contributed by atoms with Gasteiger partial charge in [0, 0.05) is 7.11 Å². The Labute approximate surface area is 149 Å². The van der Waals surface area contributed by atoms with Crippen molar-refractivity contribution in [1.82, 2.24) is 10.4 Å². The standard InChI is InChI=1S/C17H32N2O6/c1-6-7-8-13(11-19(23)12-20)15(21)18-14(17(2,3)4)16(22)25-10-9-24-5/h12-14,23H,6-11H2,1-5H3,(H,18,21)/t13-,14-/m1/s1. The molecule has 0 saturated carbocycles. The molecule has 0 fully saturated rings. The van der Waals surface area contributed by atoms with Crippen molar-refractivity contribution in [2.45, 2.75) is 53.0 Å². The highest BCUT2D eigenvalue weighted by Gasteiger charge is 2.35. The Hall–Kier alpha value is -1.67. The number of hydrogen-bond acceptors (Lipinski definition) is 6. The second-order valence-electron chi connectivity index (χ2n) is 7.03. The van der Waals surface area contributed by atoms with Crippen LogP contribution in [0, 0.1) is 11.3 Å². The fourth-order valence-corrected chi connectivity index (χ4v) is 2.22. The van der Waals surface area contributed by atoms with Crippen molar-refractivity contribution in [2.75, 3.05) is 26.9 Å². The lowest BCUT2D eigenvalue weighted by atomic mass is 9.86. The topological polar surface area (TPSA) is 105 Å². The van der Waals surface area contributed by atoms with E-state index in [9.17, 15) is 19.6 Å². The first-order valence-corrected chi connectivity index (χ1v) is 8.54. The van der Waals surface area contributed by atoms with E-state index in [1.54, 1.807) is 0 Å². The normalized spacial score (nSPS) is 13.7. The molecule has 0 aliphatic heterocycles. The Morgan fingerprint density at radius 3 is 2.40 bits per heavy atom. The zero-order chi connectivity index (χ0) is 19.5. The van der Waals surface area contributed by atoms with Crippen molar-refractivity contribution >= 4 is 18.3 Å². The molecule has 2 N–H and O–H groups in total. The molecule has 2 atom stereocenters. The third-order valence-corrected chi connectivity index (χ3v) is 3.73. The van der Waals surface area contributed by atoms with Gasteiger partial charge in [0.05, 0.1) is 19.1 Å². The fourth-order valence-electron chi connectivity index (χ4n) is 2.22. The van der Waals surface area contributed by atoms with Gasteiger partial charge in [-0.3, -0.25) is 14.8 Å². The molecule has 25 heavy (non-hydrogen) atoms. The van der Waals surface area contributed by atoms with E-state index in [0.717, 1.165) is 12.8 Å². The number of carbonyl (C=O) groups excluding carboxylic acids is 3. The van der Waals surface area contributed by atoms with Crippen LogP contribution < -0.4 is 5.32 Å². The maximum atomic E-state index is 12.6. The molecule has 0 unspecified atom stereocenters. The fraction of sp³-hybridized carbons (Fsp3) is 0.824. The molecule has 0 bridgehead atoms. The molecule has 0 aliphatic rings. The second kappa shape index (κ2) is 11.8. The predicted octanol–water partition coefficient (Wildman–Crippen LogP) is 1.36. The molecular weight excluding hydrogens is 328 g/mol. The third-order valence-electron chi connectivity index (χ3n) is 3.73. The summed E-state index contributed by atoms with van der Waals surface area (Å²) < 4.78 is 9.99. The number of ether oxygens (including phenoxy) is 2. The largest absolute Gasteiger partial charge is 0.462 e. The molecular formula is C17H32N2O6. The van der Waals surface area contributed by atoms with Crippen molar-refractivity contribution in [1.29, 1.82) is 0 Å². The number of hydrogen-bond donors (Lipinski definition) is 2. The van der Waals surface area contributed by atoms with Crippen LogP contribution in [-0.2, 0) is 23.9 Å². The van der Waals surface area contributed by atoms with E-state index in [2.05, 4.69) is 5.32 Å². The van der Waals surface area contributed by atoms with Gasteiger partial charge in [0.15, 0.2) is 0 Å². The molecule has 0 aromatic heterocycles. The van der Waals surface area contributed by atoms with Gasteiger partial charge in [-0.25, -0.2) is 9.86 Å². The van der Waals surface area contributed by atoms with Crippen molar-refractivity contribution < 1.29 is 29.1 Å². The number of hydroxylamine groups is 2. The van der Waals surface area contributed by atoms with Crippen molar-refractivity contribution in [3.8, 4) is 0 Å². The van der Waals surface area contributed by atoms with E-state index in [1.807, 2.05) is 27.7 Å². The number of amides is 2. The monoisotopic (exact) mass is 360 g/mol. The second-order valence-corrected chi connectivity index (χ2v) is 7.03. The van der Waals surface area contributed by atoms with E-state index < -0.39 is 29.3 Å². The van der Waals surface area contributed by atoms with Gasteiger partial charge in [-0.2, -0.15) is 0 Å². The molecule has 0 spiro atoms. The summed E-state index contributed by atoms with van der Waals surface area (Å²) in [4.78, 5) is 35.5. The summed E-state index contributed by atoms with van der Waals surface area (Å²) in [6.07, 6.45) is 2.40. The third kappa shape index (κ3) is 9.40. The summed E-state index contributed by atoms with van der Waals surface area (Å²) >= 11 is 0. The Balaban J connectivity index is 5.04. The number of rotatable bonds is 12. The van der Waals surface area contributed by atoms with E-state index in [0.29, 0.717) is 11.5 Å². The summed E-state index contributed by atoms with van der Waals surface area (Å²) in [5, 5.41) is 12.6. The number of unbranched alkanes of at least 4 members (excludes halogenated alkanes) is 1. The first kappa shape index (κ1) is 23.3. The van der Waals surface area contributed by atoms with Crippen LogP contribution in [-0.4, -0.2) is 61.5 Å².